The van der Waals surface area contributed by atoms with Crippen LogP contribution >= 0.6 is 0 Å². The molecule has 0 radical (unpaired) electrons. The predicted molar refractivity (Wildman–Crippen MR) is 142 cm³/mol. The van der Waals surface area contributed by atoms with Crippen LogP contribution in [-0.2, 0) is 5.41 Å². The topological polar surface area (TPSA) is 108 Å². The molecule has 7 heteroatoms. The SMILES string of the molecule is Cc1cc(C(C)(C)C)on1.Cc1ccc(NC(=O)c2cccc3nc4cc(O)cc(O)c4cc23)cc1. The molecule has 3 N–H and O–H groups in total. The van der Waals surface area contributed by atoms with Crippen molar-refractivity contribution in [3.8, 4) is 11.5 Å². The minimum atomic E-state index is -0.251. The van der Waals surface area contributed by atoms with E-state index in [1.807, 2.05) is 44.2 Å². The second-order valence-corrected chi connectivity index (χ2v) is 9.79. The minimum Gasteiger partial charge on any atom is -0.508 e. The van der Waals surface area contributed by atoms with Gasteiger partial charge in [-0.05, 0) is 44.2 Å². The Balaban J connectivity index is 0.000000256. The van der Waals surface area contributed by atoms with Gasteiger partial charge in [-0.25, -0.2) is 4.98 Å². The van der Waals surface area contributed by atoms with Gasteiger partial charge in [-0.15, -0.1) is 0 Å². The summed E-state index contributed by atoms with van der Waals surface area (Å²) in [5.74, 6) is 0.558. The molecule has 5 aromatic rings. The van der Waals surface area contributed by atoms with Gasteiger partial charge in [0.25, 0.3) is 5.91 Å². The van der Waals surface area contributed by atoms with Crippen molar-refractivity contribution in [3.63, 3.8) is 0 Å². The smallest absolute Gasteiger partial charge is 0.256 e. The van der Waals surface area contributed by atoms with Crippen molar-refractivity contribution in [2.45, 2.75) is 40.0 Å². The van der Waals surface area contributed by atoms with E-state index in [0.717, 1.165) is 17.0 Å². The van der Waals surface area contributed by atoms with Crippen LogP contribution < -0.4 is 5.32 Å². The Kier molecular flexibility index (Phi) is 6.66. The van der Waals surface area contributed by atoms with E-state index in [-0.39, 0.29) is 22.8 Å². The van der Waals surface area contributed by atoms with Gasteiger partial charge in [-0.2, -0.15) is 0 Å². The van der Waals surface area contributed by atoms with Crippen LogP contribution in [0.1, 0.15) is 48.1 Å². The van der Waals surface area contributed by atoms with Crippen LogP contribution in [0, 0.1) is 13.8 Å². The molecule has 5 rings (SSSR count). The van der Waals surface area contributed by atoms with Crippen molar-refractivity contribution in [1.29, 1.82) is 0 Å². The number of aryl methyl sites for hydroxylation is 2. The molecule has 0 aliphatic carbocycles. The monoisotopic (exact) mass is 483 g/mol. The zero-order valence-corrected chi connectivity index (χ0v) is 21.0. The Bertz CT molecular complexity index is 1550. The number of hydrogen-bond acceptors (Lipinski definition) is 6. The number of amides is 1. The van der Waals surface area contributed by atoms with Crippen molar-refractivity contribution < 1.29 is 19.5 Å². The summed E-state index contributed by atoms with van der Waals surface area (Å²) in [6, 6.07) is 19.2. The highest BCUT2D eigenvalue weighted by atomic mass is 16.5. The number of nitrogens with one attached hydrogen (secondary N) is 1. The number of fused-ring (bicyclic) bond motifs is 2. The molecule has 0 unspecified atom stereocenters. The van der Waals surface area contributed by atoms with Gasteiger partial charge in [0.05, 0.1) is 16.7 Å². The number of aromatic hydroxyl groups is 2. The van der Waals surface area contributed by atoms with Gasteiger partial charge in [-0.1, -0.05) is 49.7 Å². The molecule has 184 valence electrons. The molecule has 0 aliphatic rings. The summed E-state index contributed by atoms with van der Waals surface area (Å²) in [5, 5.41) is 27.5. The molecule has 0 aliphatic heterocycles. The maximum absolute atomic E-state index is 12.7. The lowest BCUT2D eigenvalue weighted by atomic mass is 9.93. The number of carbonyl (C=O) groups is 1. The molecule has 0 bridgehead atoms. The molecule has 36 heavy (non-hydrogen) atoms. The molecule has 0 fully saturated rings. The number of rotatable bonds is 2. The molecule has 2 heterocycles. The number of aromatic nitrogens is 2. The minimum absolute atomic E-state index is 0.0601. The van der Waals surface area contributed by atoms with Gasteiger partial charge < -0.3 is 20.1 Å². The van der Waals surface area contributed by atoms with E-state index in [1.165, 1.54) is 12.1 Å². The number of anilines is 1. The Morgan fingerprint density at radius 2 is 1.61 bits per heavy atom. The lowest BCUT2D eigenvalue weighted by molar-refractivity contribution is 0.102. The quantitative estimate of drug-likeness (QED) is 0.243. The van der Waals surface area contributed by atoms with Crippen LogP contribution in [0.5, 0.6) is 11.5 Å². The summed E-state index contributed by atoms with van der Waals surface area (Å²) in [6.45, 7) is 10.2. The van der Waals surface area contributed by atoms with E-state index in [4.69, 9.17) is 4.52 Å². The van der Waals surface area contributed by atoms with Gasteiger partial charge in [0.1, 0.15) is 17.3 Å². The molecule has 0 saturated carbocycles. The number of phenols is 2. The third kappa shape index (κ3) is 5.46. The van der Waals surface area contributed by atoms with Crippen molar-refractivity contribution in [2.75, 3.05) is 5.32 Å². The number of pyridine rings is 1. The van der Waals surface area contributed by atoms with Gasteiger partial charge in [0.15, 0.2) is 0 Å². The first kappa shape index (κ1) is 24.7. The Morgan fingerprint density at radius 1 is 0.889 bits per heavy atom. The van der Waals surface area contributed by atoms with E-state index >= 15 is 0 Å². The summed E-state index contributed by atoms with van der Waals surface area (Å²) in [5.41, 5.74) is 4.39. The highest BCUT2D eigenvalue weighted by Crippen LogP contribution is 2.32. The highest BCUT2D eigenvalue weighted by Gasteiger charge is 2.18. The lowest BCUT2D eigenvalue weighted by Crippen LogP contribution is -2.12. The number of hydrogen-bond donors (Lipinski definition) is 3. The van der Waals surface area contributed by atoms with Crippen molar-refractivity contribution >= 4 is 33.4 Å². The van der Waals surface area contributed by atoms with Crippen LogP contribution in [-0.4, -0.2) is 26.3 Å². The van der Waals surface area contributed by atoms with E-state index in [0.29, 0.717) is 33.1 Å². The van der Waals surface area contributed by atoms with Gasteiger partial charge in [0.2, 0.25) is 0 Å². The summed E-state index contributed by atoms with van der Waals surface area (Å²) < 4.78 is 5.08. The van der Waals surface area contributed by atoms with E-state index in [2.05, 4.69) is 36.2 Å². The summed E-state index contributed by atoms with van der Waals surface area (Å²) in [7, 11) is 0. The van der Waals surface area contributed by atoms with E-state index in [9.17, 15) is 15.0 Å². The van der Waals surface area contributed by atoms with Gasteiger partial charge >= 0.3 is 0 Å². The van der Waals surface area contributed by atoms with Crippen LogP contribution in [0.4, 0.5) is 5.69 Å². The second-order valence-electron chi connectivity index (χ2n) is 9.79. The summed E-state index contributed by atoms with van der Waals surface area (Å²) in [4.78, 5) is 17.2. The molecule has 0 spiro atoms. The number of phenolic OH excluding ortho intramolecular Hbond substituents is 2. The van der Waals surface area contributed by atoms with Crippen LogP contribution in [0.25, 0.3) is 21.8 Å². The summed E-state index contributed by atoms with van der Waals surface area (Å²) in [6.07, 6.45) is 0. The van der Waals surface area contributed by atoms with Crippen LogP contribution in [0.3, 0.4) is 0 Å². The van der Waals surface area contributed by atoms with Gasteiger partial charge in [-0.3, -0.25) is 4.79 Å². The van der Waals surface area contributed by atoms with Crippen molar-refractivity contribution in [3.05, 3.63) is 89.3 Å². The van der Waals surface area contributed by atoms with Crippen molar-refractivity contribution in [2.24, 2.45) is 0 Å². The maximum atomic E-state index is 12.7. The average Bonchev–Trinajstić information content (AvgIpc) is 3.26. The first-order valence-corrected chi connectivity index (χ1v) is 11.6. The van der Waals surface area contributed by atoms with Gasteiger partial charge in [0, 0.05) is 45.6 Å². The highest BCUT2D eigenvalue weighted by molar-refractivity contribution is 6.14. The van der Waals surface area contributed by atoms with Crippen LogP contribution in [0.15, 0.2) is 71.3 Å². The number of nitrogens with zero attached hydrogens (tertiary/aromatic N) is 2. The zero-order chi connectivity index (χ0) is 26.0. The fraction of sp³-hybridized carbons (Fsp3) is 0.207. The first-order valence-electron chi connectivity index (χ1n) is 11.6. The molecule has 2 aromatic heterocycles. The summed E-state index contributed by atoms with van der Waals surface area (Å²) >= 11 is 0. The zero-order valence-electron chi connectivity index (χ0n) is 21.0. The van der Waals surface area contributed by atoms with E-state index < -0.39 is 0 Å². The lowest BCUT2D eigenvalue weighted by Gasteiger charge is -2.11. The molecular formula is C29H29N3O4. The molecule has 0 saturated heterocycles. The molecular weight excluding hydrogens is 454 g/mol. The predicted octanol–water partition coefficient (Wildman–Crippen LogP) is 6.64. The Morgan fingerprint density at radius 3 is 2.22 bits per heavy atom. The standard InChI is InChI=1S/C21H16N2O3.C8H13NO/c1-12-5-7-13(8-6-12)22-21(26)15-3-2-4-18-16(15)11-17-19(23-18)9-14(24)10-20(17)25;1-6-5-7(10-9-6)8(2,3)4/h2-11,24-25H,1H3,(H,22,26);5H,1-4H3. The number of benzene rings is 3. The normalized spacial score (nSPS) is 11.2. The van der Waals surface area contributed by atoms with Crippen LogP contribution in [0.2, 0.25) is 0 Å². The average molecular weight is 484 g/mol. The maximum Gasteiger partial charge on any atom is 0.256 e. The Hall–Kier alpha value is -4.39. The largest absolute Gasteiger partial charge is 0.508 e. The third-order valence-corrected chi connectivity index (χ3v) is 5.66. The first-order chi connectivity index (χ1) is 17.0. The number of carbonyl (C=O) groups excluding carboxylic acids is 1. The van der Waals surface area contributed by atoms with E-state index in [1.54, 1.807) is 24.3 Å². The second kappa shape index (κ2) is 9.70. The fourth-order valence-corrected chi connectivity index (χ4v) is 3.68. The molecule has 0 atom stereocenters. The third-order valence-electron chi connectivity index (χ3n) is 5.66. The fourth-order valence-electron chi connectivity index (χ4n) is 3.68. The molecule has 1 amide bonds. The molecule has 3 aromatic carbocycles. The van der Waals surface area contributed by atoms with Crippen molar-refractivity contribution in [1.82, 2.24) is 10.1 Å². The molecule has 7 nitrogen and oxygen atoms in total. The Labute approximate surface area is 209 Å².